The molecule has 1 aromatic heterocycles. The SMILES string of the molecule is CC(=O)N1CCN(c2ccc([C@@H](C)O)cn2)CC1. The van der Waals surface area contributed by atoms with Crippen molar-refractivity contribution in [1.82, 2.24) is 9.88 Å². The smallest absolute Gasteiger partial charge is 0.219 e. The van der Waals surface area contributed by atoms with Gasteiger partial charge in [0.05, 0.1) is 6.10 Å². The van der Waals surface area contributed by atoms with E-state index in [1.165, 1.54) is 0 Å². The van der Waals surface area contributed by atoms with Gasteiger partial charge in [0.15, 0.2) is 0 Å². The largest absolute Gasteiger partial charge is 0.389 e. The lowest BCUT2D eigenvalue weighted by Crippen LogP contribution is -2.48. The zero-order chi connectivity index (χ0) is 13.1. The number of carbonyl (C=O) groups is 1. The number of anilines is 1. The van der Waals surface area contributed by atoms with Crippen molar-refractivity contribution in [2.24, 2.45) is 0 Å². The molecular weight excluding hydrogens is 230 g/mol. The number of amides is 1. The Labute approximate surface area is 107 Å². The van der Waals surface area contributed by atoms with Crippen molar-refractivity contribution >= 4 is 11.7 Å². The van der Waals surface area contributed by atoms with E-state index < -0.39 is 6.10 Å². The Bertz CT molecular complexity index is 409. The summed E-state index contributed by atoms with van der Waals surface area (Å²) in [4.78, 5) is 19.6. The minimum absolute atomic E-state index is 0.132. The summed E-state index contributed by atoms with van der Waals surface area (Å²) in [5.41, 5.74) is 0.820. The van der Waals surface area contributed by atoms with Gasteiger partial charge in [-0.2, -0.15) is 0 Å². The number of aromatic nitrogens is 1. The first kappa shape index (κ1) is 12.8. The Balaban J connectivity index is 1.99. The topological polar surface area (TPSA) is 56.7 Å². The van der Waals surface area contributed by atoms with Gasteiger partial charge >= 0.3 is 0 Å². The molecule has 98 valence electrons. The molecule has 1 fully saturated rings. The number of aliphatic hydroxyl groups excluding tert-OH is 1. The molecular formula is C13H19N3O2. The lowest BCUT2D eigenvalue weighted by atomic mass is 10.2. The van der Waals surface area contributed by atoms with Gasteiger partial charge in [-0.25, -0.2) is 4.98 Å². The van der Waals surface area contributed by atoms with Gasteiger partial charge in [-0.05, 0) is 18.6 Å². The zero-order valence-corrected chi connectivity index (χ0v) is 10.8. The molecule has 5 heteroatoms. The highest BCUT2D eigenvalue weighted by molar-refractivity contribution is 5.73. The number of nitrogens with zero attached hydrogens (tertiary/aromatic N) is 3. The minimum atomic E-state index is -0.485. The molecule has 1 amide bonds. The van der Waals surface area contributed by atoms with E-state index in [4.69, 9.17) is 0 Å². The Hall–Kier alpha value is -1.62. The summed E-state index contributed by atoms with van der Waals surface area (Å²) >= 11 is 0. The molecule has 1 aliphatic rings. The van der Waals surface area contributed by atoms with Crippen LogP contribution >= 0.6 is 0 Å². The van der Waals surface area contributed by atoms with Crippen molar-refractivity contribution in [2.75, 3.05) is 31.1 Å². The predicted molar refractivity (Wildman–Crippen MR) is 69.3 cm³/mol. The molecule has 1 N–H and O–H groups in total. The van der Waals surface area contributed by atoms with E-state index in [0.717, 1.165) is 37.6 Å². The van der Waals surface area contributed by atoms with Gasteiger partial charge in [-0.1, -0.05) is 6.07 Å². The van der Waals surface area contributed by atoms with Crippen LogP contribution in [0.15, 0.2) is 18.3 Å². The van der Waals surface area contributed by atoms with E-state index >= 15 is 0 Å². The molecule has 0 saturated carbocycles. The fraction of sp³-hybridized carbons (Fsp3) is 0.538. The second-order valence-electron chi connectivity index (χ2n) is 4.62. The Morgan fingerprint density at radius 1 is 1.33 bits per heavy atom. The third-order valence-corrected chi connectivity index (χ3v) is 3.30. The highest BCUT2D eigenvalue weighted by atomic mass is 16.3. The average molecular weight is 249 g/mol. The monoisotopic (exact) mass is 249 g/mol. The van der Waals surface area contributed by atoms with E-state index in [1.807, 2.05) is 17.0 Å². The van der Waals surface area contributed by atoms with Crippen molar-refractivity contribution in [3.05, 3.63) is 23.9 Å². The number of rotatable bonds is 2. The van der Waals surface area contributed by atoms with E-state index in [0.29, 0.717) is 0 Å². The number of aliphatic hydroxyl groups is 1. The first-order valence-electron chi connectivity index (χ1n) is 6.22. The van der Waals surface area contributed by atoms with Crippen molar-refractivity contribution in [2.45, 2.75) is 20.0 Å². The van der Waals surface area contributed by atoms with Gasteiger partial charge in [0.25, 0.3) is 0 Å². The number of piperazine rings is 1. The Morgan fingerprint density at radius 2 is 2.00 bits per heavy atom. The molecule has 1 atom stereocenters. The summed E-state index contributed by atoms with van der Waals surface area (Å²) in [6.07, 6.45) is 1.22. The summed E-state index contributed by atoms with van der Waals surface area (Å²) < 4.78 is 0. The van der Waals surface area contributed by atoms with Crippen LogP contribution in [0.2, 0.25) is 0 Å². The van der Waals surface area contributed by atoms with Crippen molar-refractivity contribution in [1.29, 1.82) is 0 Å². The summed E-state index contributed by atoms with van der Waals surface area (Å²) in [7, 11) is 0. The standard InChI is InChI=1S/C13H19N3O2/c1-10(17)12-3-4-13(14-9-12)16-7-5-15(6-8-16)11(2)18/h3-4,9-10,17H,5-8H2,1-2H3/t10-/m1/s1. The maximum atomic E-state index is 11.2. The minimum Gasteiger partial charge on any atom is -0.389 e. The third kappa shape index (κ3) is 2.79. The van der Waals surface area contributed by atoms with Crippen LogP contribution in [0.5, 0.6) is 0 Å². The summed E-state index contributed by atoms with van der Waals surface area (Å²) in [5.74, 6) is 1.04. The first-order chi connectivity index (χ1) is 8.58. The van der Waals surface area contributed by atoms with Crippen LogP contribution in [-0.2, 0) is 4.79 Å². The number of pyridine rings is 1. The van der Waals surface area contributed by atoms with Crippen LogP contribution in [0, 0.1) is 0 Å². The maximum Gasteiger partial charge on any atom is 0.219 e. The van der Waals surface area contributed by atoms with Crippen molar-refractivity contribution in [3.8, 4) is 0 Å². The first-order valence-corrected chi connectivity index (χ1v) is 6.22. The van der Waals surface area contributed by atoms with Gasteiger partial charge in [0, 0.05) is 39.3 Å². The van der Waals surface area contributed by atoms with Crippen LogP contribution in [-0.4, -0.2) is 47.1 Å². The molecule has 1 saturated heterocycles. The molecule has 0 bridgehead atoms. The van der Waals surface area contributed by atoms with Gasteiger partial charge < -0.3 is 14.9 Å². The van der Waals surface area contributed by atoms with E-state index in [9.17, 15) is 9.90 Å². The molecule has 18 heavy (non-hydrogen) atoms. The Kier molecular flexibility index (Phi) is 3.81. The highest BCUT2D eigenvalue weighted by Crippen LogP contribution is 2.17. The summed E-state index contributed by atoms with van der Waals surface area (Å²) in [6.45, 7) is 6.43. The molecule has 0 radical (unpaired) electrons. The van der Waals surface area contributed by atoms with E-state index in [-0.39, 0.29) is 5.91 Å². The normalized spacial score (nSPS) is 17.7. The molecule has 1 aromatic rings. The zero-order valence-electron chi connectivity index (χ0n) is 10.8. The molecule has 0 aliphatic carbocycles. The van der Waals surface area contributed by atoms with Gasteiger partial charge in [0.2, 0.25) is 5.91 Å². The van der Waals surface area contributed by atoms with Crippen molar-refractivity contribution < 1.29 is 9.90 Å². The fourth-order valence-corrected chi connectivity index (χ4v) is 2.08. The van der Waals surface area contributed by atoms with Gasteiger partial charge in [0.1, 0.15) is 5.82 Å². The quantitative estimate of drug-likeness (QED) is 0.842. The molecule has 0 aromatic carbocycles. The second-order valence-corrected chi connectivity index (χ2v) is 4.62. The maximum absolute atomic E-state index is 11.2. The lowest BCUT2D eigenvalue weighted by molar-refractivity contribution is -0.129. The average Bonchev–Trinajstić information content (AvgIpc) is 2.39. The van der Waals surface area contributed by atoms with Crippen LogP contribution in [0.4, 0.5) is 5.82 Å². The van der Waals surface area contributed by atoms with Crippen molar-refractivity contribution in [3.63, 3.8) is 0 Å². The summed E-state index contributed by atoms with van der Waals surface area (Å²) in [6, 6.07) is 3.82. The van der Waals surface area contributed by atoms with E-state index in [2.05, 4.69) is 9.88 Å². The number of carbonyl (C=O) groups excluding carboxylic acids is 1. The van der Waals surface area contributed by atoms with E-state index in [1.54, 1.807) is 20.0 Å². The molecule has 0 unspecified atom stereocenters. The lowest BCUT2D eigenvalue weighted by Gasteiger charge is -2.34. The van der Waals surface area contributed by atoms with Crippen LogP contribution in [0.1, 0.15) is 25.5 Å². The highest BCUT2D eigenvalue weighted by Gasteiger charge is 2.19. The Morgan fingerprint density at radius 3 is 2.44 bits per heavy atom. The molecule has 2 heterocycles. The molecule has 2 rings (SSSR count). The van der Waals surface area contributed by atoms with Gasteiger partial charge in [-0.15, -0.1) is 0 Å². The second kappa shape index (κ2) is 5.35. The molecule has 1 aliphatic heterocycles. The fourth-order valence-electron chi connectivity index (χ4n) is 2.08. The molecule has 0 spiro atoms. The van der Waals surface area contributed by atoms with Crippen LogP contribution in [0.3, 0.4) is 0 Å². The van der Waals surface area contributed by atoms with Crippen LogP contribution < -0.4 is 4.90 Å². The number of hydrogen-bond acceptors (Lipinski definition) is 4. The molecule has 5 nitrogen and oxygen atoms in total. The number of hydrogen-bond donors (Lipinski definition) is 1. The van der Waals surface area contributed by atoms with Crippen LogP contribution in [0.25, 0.3) is 0 Å². The van der Waals surface area contributed by atoms with Gasteiger partial charge in [-0.3, -0.25) is 4.79 Å². The predicted octanol–water partition coefficient (Wildman–Crippen LogP) is 0.803. The summed E-state index contributed by atoms with van der Waals surface area (Å²) in [5, 5.41) is 9.42. The third-order valence-electron chi connectivity index (χ3n) is 3.30.